The lowest BCUT2D eigenvalue weighted by Crippen LogP contribution is -2.38. The van der Waals surface area contributed by atoms with Crippen molar-refractivity contribution in [2.75, 3.05) is 29.9 Å². The number of hydrogen-bond donors (Lipinski definition) is 1. The monoisotopic (exact) mass is 535 g/mol. The summed E-state index contributed by atoms with van der Waals surface area (Å²) < 4.78 is 46.8. The number of aromatic nitrogens is 3. The molecule has 0 bridgehead atoms. The summed E-state index contributed by atoms with van der Waals surface area (Å²) in [6, 6.07) is 8.57. The Morgan fingerprint density at radius 1 is 1.16 bits per heavy atom. The Morgan fingerprint density at radius 3 is 2.54 bits per heavy atom. The zero-order chi connectivity index (χ0) is 26.7. The predicted molar refractivity (Wildman–Crippen MR) is 138 cm³/mol. The van der Waals surface area contributed by atoms with Gasteiger partial charge in [-0.25, -0.2) is 9.97 Å². The smallest absolute Gasteiger partial charge is 0.374 e. The van der Waals surface area contributed by atoms with Crippen molar-refractivity contribution >= 4 is 23.1 Å². The van der Waals surface area contributed by atoms with Gasteiger partial charge in [0.2, 0.25) is 0 Å². The van der Waals surface area contributed by atoms with Crippen LogP contribution in [0.2, 0.25) is 5.02 Å². The molecule has 2 atom stereocenters. The molecule has 1 aromatic carbocycles. The second-order valence-electron chi connectivity index (χ2n) is 8.69. The summed E-state index contributed by atoms with van der Waals surface area (Å²) in [4.78, 5) is 24.9. The molecule has 0 unspecified atom stereocenters. The molecule has 0 amide bonds. The first-order valence-corrected chi connectivity index (χ1v) is 12.6. The van der Waals surface area contributed by atoms with Crippen LogP contribution >= 0.6 is 11.6 Å². The van der Waals surface area contributed by atoms with Gasteiger partial charge in [0.25, 0.3) is 5.56 Å². The zero-order valence-corrected chi connectivity index (χ0v) is 21.6. The lowest BCUT2D eigenvalue weighted by atomic mass is 10.1. The minimum Gasteiger partial charge on any atom is -0.374 e. The quantitative estimate of drug-likeness (QED) is 0.424. The number of nitrogens with one attached hydrogen (secondary N) is 1. The van der Waals surface area contributed by atoms with Crippen LogP contribution in [0, 0.1) is 0 Å². The number of rotatable bonds is 8. The maximum absolute atomic E-state index is 13.7. The molecular weight excluding hydrogens is 507 g/mol. The van der Waals surface area contributed by atoms with E-state index in [1.165, 1.54) is 10.6 Å². The Kier molecular flexibility index (Phi) is 8.08. The molecule has 3 aromatic rings. The van der Waals surface area contributed by atoms with Crippen LogP contribution in [-0.4, -0.2) is 46.4 Å². The Labute approximate surface area is 218 Å². The molecule has 1 N–H and O–H groups in total. The molecule has 0 saturated carbocycles. The maximum Gasteiger partial charge on any atom is 0.416 e. The van der Waals surface area contributed by atoms with Crippen LogP contribution in [0.3, 0.4) is 0 Å². The van der Waals surface area contributed by atoms with E-state index >= 15 is 0 Å². The predicted octanol–water partition coefficient (Wildman–Crippen LogP) is 5.27. The van der Waals surface area contributed by atoms with Gasteiger partial charge in [-0.2, -0.15) is 13.2 Å². The zero-order valence-electron chi connectivity index (χ0n) is 20.8. The highest BCUT2D eigenvalue weighted by Gasteiger charge is 2.36. The average molecular weight is 536 g/mol. The normalized spacial score (nSPS) is 17.9. The number of benzene rings is 1. The molecular formula is C26H29ClF3N5O2. The summed E-state index contributed by atoms with van der Waals surface area (Å²) in [5, 5.41) is 3.27. The van der Waals surface area contributed by atoms with E-state index in [2.05, 4.69) is 15.2 Å². The van der Waals surface area contributed by atoms with Gasteiger partial charge >= 0.3 is 6.18 Å². The highest BCUT2D eigenvalue weighted by atomic mass is 35.5. The standard InChI is InChI=1S/C26H29ClF3N5O2/c1-4-19-23(32-20-14-34(15-21(20)37-6-3)22-9-7-8-12-31-22)25(36)35(5-2)24(33-19)17-11-10-16(13-18(17)27)26(28,29)30/h7-13,20-21,32H,4-6,14-15H2,1-3H3/t20-,21+/m1/s1. The average Bonchev–Trinajstić information content (AvgIpc) is 3.27. The third-order valence-corrected chi connectivity index (χ3v) is 6.70. The van der Waals surface area contributed by atoms with Crippen LogP contribution in [0.25, 0.3) is 11.4 Å². The molecule has 11 heteroatoms. The van der Waals surface area contributed by atoms with Crippen molar-refractivity contribution < 1.29 is 17.9 Å². The molecule has 198 valence electrons. The number of anilines is 2. The number of alkyl halides is 3. The van der Waals surface area contributed by atoms with Gasteiger partial charge < -0.3 is 15.0 Å². The first kappa shape index (κ1) is 26.9. The minimum absolute atomic E-state index is 0.120. The molecule has 1 fully saturated rings. The number of ether oxygens (including phenoxy) is 1. The lowest BCUT2D eigenvalue weighted by molar-refractivity contribution is -0.137. The molecule has 0 aliphatic carbocycles. The number of nitrogens with zero attached hydrogens (tertiary/aromatic N) is 4. The van der Waals surface area contributed by atoms with Gasteiger partial charge in [-0.05, 0) is 50.6 Å². The van der Waals surface area contributed by atoms with Crippen molar-refractivity contribution in [1.29, 1.82) is 0 Å². The van der Waals surface area contributed by atoms with Crippen LogP contribution in [0.1, 0.15) is 32.0 Å². The van der Waals surface area contributed by atoms with Crippen LogP contribution in [0.5, 0.6) is 0 Å². The van der Waals surface area contributed by atoms with Crippen LogP contribution < -0.4 is 15.8 Å². The van der Waals surface area contributed by atoms with E-state index < -0.39 is 11.7 Å². The second kappa shape index (κ2) is 11.1. The van der Waals surface area contributed by atoms with Gasteiger partial charge in [0, 0.05) is 38.0 Å². The highest BCUT2D eigenvalue weighted by molar-refractivity contribution is 6.33. The van der Waals surface area contributed by atoms with Gasteiger partial charge in [0.05, 0.1) is 28.4 Å². The number of halogens is 4. The second-order valence-corrected chi connectivity index (χ2v) is 9.10. The van der Waals surface area contributed by atoms with Crippen molar-refractivity contribution in [3.63, 3.8) is 0 Å². The van der Waals surface area contributed by atoms with Gasteiger partial charge in [0.15, 0.2) is 0 Å². The van der Waals surface area contributed by atoms with Crippen LogP contribution in [0.15, 0.2) is 47.4 Å². The largest absolute Gasteiger partial charge is 0.416 e. The summed E-state index contributed by atoms with van der Waals surface area (Å²) >= 11 is 6.25. The van der Waals surface area contributed by atoms with Crippen LogP contribution in [0.4, 0.5) is 24.7 Å². The number of aryl methyl sites for hydroxylation is 1. The topological polar surface area (TPSA) is 72.3 Å². The number of hydrogen-bond acceptors (Lipinski definition) is 6. The minimum atomic E-state index is -4.52. The van der Waals surface area contributed by atoms with Crippen molar-refractivity contribution in [1.82, 2.24) is 14.5 Å². The fraction of sp³-hybridized carbons (Fsp3) is 0.423. The molecule has 1 aliphatic heterocycles. The summed E-state index contributed by atoms with van der Waals surface area (Å²) in [6.45, 7) is 7.53. The Morgan fingerprint density at radius 2 is 1.95 bits per heavy atom. The van der Waals surface area contributed by atoms with E-state index in [1.54, 1.807) is 13.1 Å². The van der Waals surface area contributed by atoms with Crippen molar-refractivity contribution in [3.8, 4) is 11.4 Å². The molecule has 4 rings (SSSR count). The van der Waals surface area contributed by atoms with Gasteiger partial charge in [-0.1, -0.05) is 24.6 Å². The van der Waals surface area contributed by atoms with E-state index in [-0.39, 0.29) is 40.7 Å². The summed E-state index contributed by atoms with van der Waals surface area (Å²) in [7, 11) is 0. The summed E-state index contributed by atoms with van der Waals surface area (Å²) in [5.74, 6) is 1.06. The third kappa shape index (κ3) is 5.60. The SMILES string of the molecule is CCO[C@H]1CN(c2ccccn2)C[C@H]1Nc1c(CC)nc(-c2ccc(C(F)(F)F)cc2Cl)n(CC)c1=O. The van der Waals surface area contributed by atoms with E-state index in [0.717, 1.165) is 18.0 Å². The van der Waals surface area contributed by atoms with Crippen molar-refractivity contribution in [2.45, 2.75) is 52.1 Å². The molecule has 3 heterocycles. The molecule has 1 aliphatic rings. The van der Waals surface area contributed by atoms with E-state index in [1.807, 2.05) is 32.0 Å². The molecule has 1 saturated heterocycles. The molecule has 2 aromatic heterocycles. The van der Waals surface area contributed by atoms with E-state index in [4.69, 9.17) is 21.3 Å². The van der Waals surface area contributed by atoms with Crippen molar-refractivity contribution in [3.05, 3.63) is 69.2 Å². The van der Waals surface area contributed by atoms with E-state index in [9.17, 15) is 18.0 Å². The van der Waals surface area contributed by atoms with Crippen LogP contribution in [-0.2, 0) is 23.9 Å². The van der Waals surface area contributed by atoms with Gasteiger partial charge in [-0.3, -0.25) is 9.36 Å². The summed E-state index contributed by atoms with van der Waals surface area (Å²) in [5.41, 5.74) is -0.0432. The Balaban J connectivity index is 1.72. The lowest BCUT2D eigenvalue weighted by Gasteiger charge is -2.23. The first-order chi connectivity index (χ1) is 17.7. The number of pyridine rings is 1. The fourth-order valence-electron chi connectivity index (χ4n) is 4.58. The molecule has 37 heavy (non-hydrogen) atoms. The first-order valence-electron chi connectivity index (χ1n) is 12.2. The molecule has 7 nitrogen and oxygen atoms in total. The Hall–Kier alpha value is -3.11. The summed E-state index contributed by atoms with van der Waals surface area (Å²) in [6.07, 6.45) is -2.54. The molecule has 0 radical (unpaired) electrons. The van der Waals surface area contributed by atoms with Gasteiger partial charge in [-0.15, -0.1) is 0 Å². The van der Waals surface area contributed by atoms with Gasteiger partial charge in [0.1, 0.15) is 17.3 Å². The van der Waals surface area contributed by atoms with Crippen molar-refractivity contribution in [2.24, 2.45) is 0 Å². The Bertz CT molecular complexity index is 1300. The molecule has 0 spiro atoms. The van der Waals surface area contributed by atoms with E-state index in [0.29, 0.717) is 37.5 Å². The third-order valence-electron chi connectivity index (χ3n) is 6.38. The maximum atomic E-state index is 13.7. The highest BCUT2D eigenvalue weighted by Crippen LogP contribution is 2.35. The fourth-order valence-corrected chi connectivity index (χ4v) is 4.85.